The van der Waals surface area contributed by atoms with Crippen LogP contribution in [-0.2, 0) is 6.18 Å². The number of benzene rings is 1. The van der Waals surface area contributed by atoms with Crippen LogP contribution in [0.1, 0.15) is 11.4 Å². The summed E-state index contributed by atoms with van der Waals surface area (Å²) in [5, 5.41) is 2.07. The lowest BCUT2D eigenvalue weighted by Crippen LogP contribution is -2.12. The average Bonchev–Trinajstić information content (AvgIpc) is 2.32. The van der Waals surface area contributed by atoms with Gasteiger partial charge in [0.05, 0.1) is 5.69 Å². The van der Waals surface area contributed by atoms with Crippen molar-refractivity contribution in [3.8, 4) is 0 Å². The van der Waals surface area contributed by atoms with Crippen LogP contribution >= 0.6 is 11.6 Å². The van der Waals surface area contributed by atoms with Crippen LogP contribution in [0.4, 0.5) is 29.1 Å². The highest BCUT2D eigenvalue weighted by molar-refractivity contribution is 6.29. The zero-order valence-electron chi connectivity index (χ0n) is 10.1. The van der Waals surface area contributed by atoms with E-state index in [9.17, 15) is 17.6 Å². The third-order valence-electron chi connectivity index (χ3n) is 2.33. The van der Waals surface area contributed by atoms with Gasteiger partial charge in [-0.15, -0.1) is 0 Å². The van der Waals surface area contributed by atoms with E-state index in [2.05, 4.69) is 15.3 Å². The lowest BCUT2D eigenvalue weighted by Gasteiger charge is -2.10. The second-order valence-corrected chi connectivity index (χ2v) is 4.39. The van der Waals surface area contributed by atoms with Crippen molar-refractivity contribution in [1.29, 1.82) is 0 Å². The Bertz CT molecular complexity index is 643. The molecule has 0 fully saturated rings. The molecule has 0 spiro atoms. The highest BCUT2D eigenvalue weighted by Crippen LogP contribution is 2.29. The lowest BCUT2D eigenvalue weighted by atomic mass is 10.2. The number of halogens is 5. The van der Waals surface area contributed by atoms with Crippen molar-refractivity contribution >= 4 is 23.1 Å². The minimum atomic E-state index is -4.73. The molecule has 0 saturated carbocycles. The second-order valence-electron chi connectivity index (χ2n) is 4.01. The highest BCUT2D eigenvalue weighted by Gasteiger charge is 2.35. The summed E-state index contributed by atoms with van der Waals surface area (Å²) < 4.78 is 51.2. The zero-order valence-corrected chi connectivity index (χ0v) is 10.8. The molecule has 0 aliphatic carbocycles. The predicted octanol–water partition coefficient (Wildman–Crippen LogP) is 4.34. The summed E-state index contributed by atoms with van der Waals surface area (Å²) in [5.41, 5.74) is 0.748. The Hall–Kier alpha value is -1.89. The predicted molar refractivity (Wildman–Crippen MR) is 66.5 cm³/mol. The van der Waals surface area contributed by atoms with Crippen molar-refractivity contribution in [2.24, 2.45) is 0 Å². The highest BCUT2D eigenvalue weighted by atomic mass is 35.5. The Morgan fingerprint density at radius 3 is 2.50 bits per heavy atom. The normalized spacial score (nSPS) is 11.5. The summed E-state index contributed by atoms with van der Waals surface area (Å²) in [4.78, 5) is 6.35. The molecule has 1 aromatic heterocycles. The van der Waals surface area contributed by atoms with E-state index in [1.807, 2.05) is 0 Å². The molecule has 0 unspecified atom stereocenters. The van der Waals surface area contributed by atoms with Crippen molar-refractivity contribution in [3.63, 3.8) is 0 Å². The Labute approximate surface area is 116 Å². The number of hydrogen-bond acceptors (Lipinski definition) is 3. The van der Waals surface area contributed by atoms with Gasteiger partial charge in [-0.05, 0) is 24.6 Å². The molecule has 8 heteroatoms. The number of nitrogens with one attached hydrogen (secondary N) is 1. The summed E-state index contributed by atoms with van der Waals surface area (Å²) in [6, 6.07) is 5.26. The van der Waals surface area contributed by atoms with E-state index in [0.717, 1.165) is 11.6 Å². The third-order valence-corrected chi connectivity index (χ3v) is 2.53. The van der Waals surface area contributed by atoms with Crippen LogP contribution in [0.2, 0.25) is 5.15 Å². The van der Waals surface area contributed by atoms with Crippen molar-refractivity contribution in [2.45, 2.75) is 13.1 Å². The van der Waals surface area contributed by atoms with Gasteiger partial charge in [-0.3, -0.25) is 0 Å². The molecule has 20 heavy (non-hydrogen) atoms. The van der Waals surface area contributed by atoms with Crippen LogP contribution in [0.25, 0.3) is 0 Å². The molecule has 0 bridgehead atoms. The number of aryl methyl sites for hydroxylation is 1. The molecular formula is C12H8ClF4N3. The van der Waals surface area contributed by atoms with Crippen LogP contribution in [0.5, 0.6) is 0 Å². The minimum absolute atomic E-state index is 0.00731. The van der Waals surface area contributed by atoms with Crippen molar-refractivity contribution < 1.29 is 17.6 Å². The Morgan fingerprint density at radius 1 is 1.15 bits per heavy atom. The van der Waals surface area contributed by atoms with Gasteiger partial charge in [-0.25, -0.2) is 14.4 Å². The monoisotopic (exact) mass is 305 g/mol. The van der Waals surface area contributed by atoms with E-state index in [0.29, 0.717) is 0 Å². The molecule has 1 N–H and O–H groups in total. The fraction of sp³-hybridized carbons (Fsp3) is 0.167. The summed E-state index contributed by atoms with van der Waals surface area (Å²) in [6.45, 7) is 1.72. The molecule has 0 aliphatic rings. The topological polar surface area (TPSA) is 37.8 Å². The first kappa shape index (κ1) is 14.5. The van der Waals surface area contributed by atoms with Crippen LogP contribution in [0.3, 0.4) is 0 Å². The molecule has 0 saturated heterocycles. The first-order valence-corrected chi connectivity index (χ1v) is 5.78. The van der Waals surface area contributed by atoms with E-state index in [1.165, 1.54) is 18.2 Å². The SMILES string of the molecule is Cc1ccc(F)c(Nc2cc(Cl)nc(C(F)(F)F)n2)c1. The Balaban J connectivity index is 2.39. The molecule has 0 amide bonds. The maximum atomic E-state index is 13.5. The molecule has 0 aliphatic heterocycles. The van der Waals surface area contributed by atoms with Crippen molar-refractivity contribution in [3.05, 3.63) is 46.6 Å². The standard InChI is InChI=1S/C12H8ClF4N3/c1-6-2-3-7(14)8(4-6)18-10-5-9(13)19-11(20-10)12(15,16)17/h2-5H,1H3,(H,18,19,20). The summed E-state index contributed by atoms with van der Waals surface area (Å²) in [7, 11) is 0. The van der Waals surface area contributed by atoms with Crippen molar-refractivity contribution in [1.82, 2.24) is 9.97 Å². The molecule has 3 nitrogen and oxygen atoms in total. The van der Waals surface area contributed by atoms with Crippen LogP contribution in [0.15, 0.2) is 24.3 Å². The largest absolute Gasteiger partial charge is 0.451 e. The summed E-state index contributed by atoms with van der Waals surface area (Å²) in [5.74, 6) is -2.23. The summed E-state index contributed by atoms with van der Waals surface area (Å²) in [6.07, 6.45) is -4.73. The molecule has 1 heterocycles. The molecule has 106 valence electrons. The van der Waals surface area contributed by atoms with Gasteiger partial charge in [-0.1, -0.05) is 17.7 Å². The van der Waals surface area contributed by atoms with Gasteiger partial charge in [0.25, 0.3) is 0 Å². The van der Waals surface area contributed by atoms with Crippen molar-refractivity contribution in [2.75, 3.05) is 5.32 Å². The molecule has 0 radical (unpaired) electrons. The van der Waals surface area contributed by atoms with E-state index >= 15 is 0 Å². The Kier molecular flexibility index (Phi) is 3.80. The second kappa shape index (κ2) is 5.24. The smallest absolute Gasteiger partial charge is 0.338 e. The van der Waals surface area contributed by atoms with Crippen LogP contribution < -0.4 is 5.32 Å². The maximum absolute atomic E-state index is 13.5. The molecule has 2 aromatic rings. The van der Waals surface area contributed by atoms with E-state index < -0.39 is 17.8 Å². The van der Waals surface area contributed by atoms with Gasteiger partial charge < -0.3 is 5.32 Å². The van der Waals surface area contributed by atoms with Gasteiger partial charge in [0.15, 0.2) is 0 Å². The fourth-order valence-corrected chi connectivity index (χ4v) is 1.66. The first-order valence-electron chi connectivity index (χ1n) is 5.40. The van der Waals surface area contributed by atoms with Gasteiger partial charge in [-0.2, -0.15) is 13.2 Å². The van der Waals surface area contributed by atoms with Gasteiger partial charge in [0.1, 0.15) is 16.8 Å². The third kappa shape index (κ3) is 3.36. The zero-order chi connectivity index (χ0) is 14.9. The average molecular weight is 306 g/mol. The Morgan fingerprint density at radius 2 is 1.85 bits per heavy atom. The fourth-order valence-electron chi connectivity index (χ4n) is 1.48. The number of anilines is 2. The number of alkyl halides is 3. The molecular weight excluding hydrogens is 298 g/mol. The maximum Gasteiger partial charge on any atom is 0.451 e. The van der Waals surface area contributed by atoms with E-state index in [4.69, 9.17) is 11.6 Å². The van der Waals surface area contributed by atoms with Gasteiger partial charge in [0.2, 0.25) is 5.82 Å². The molecule has 2 rings (SSSR count). The molecule has 0 atom stereocenters. The molecule has 1 aromatic carbocycles. The van der Waals surface area contributed by atoms with Crippen LogP contribution in [-0.4, -0.2) is 9.97 Å². The van der Waals surface area contributed by atoms with Gasteiger partial charge in [0, 0.05) is 6.07 Å². The quantitative estimate of drug-likeness (QED) is 0.662. The van der Waals surface area contributed by atoms with Crippen LogP contribution in [0, 0.1) is 12.7 Å². The number of rotatable bonds is 2. The minimum Gasteiger partial charge on any atom is -0.338 e. The lowest BCUT2D eigenvalue weighted by molar-refractivity contribution is -0.144. The van der Waals surface area contributed by atoms with Gasteiger partial charge >= 0.3 is 6.18 Å². The number of hydrogen-bond donors (Lipinski definition) is 1. The number of aromatic nitrogens is 2. The summed E-state index contributed by atoms with van der Waals surface area (Å²) >= 11 is 5.51. The number of nitrogens with zero attached hydrogens (tertiary/aromatic N) is 2. The van der Waals surface area contributed by atoms with E-state index in [-0.39, 0.29) is 16.7 Å². The first-order chi connectivity index (χ1) is 9.25. The van der Waals surface area contributed by atoms with E-state index in [1.54, 1.807) is 6.92 Å².